The molecule has 1 fully saturated rings. The van der Waals surface area contributed by atoms with Gasteiger partial charge in [0, 0.05) is 26.2 Å². The Kier molecular flexibility index (Phi) is 5.01. The first kappa shape index (κ1) is 12.4. The average Bonchev–Trinajstić information content (AvgIpc) is 2.72. The number of piperidine rings is 1. The molecule has 0 unspecified atom stereocenters. The van der Waals surface area contributed by atoms with Gasteiger partial charge in [0.1, 0.15) is 12.7 Å². The Balaban J connectivity index is 0.00000112. The number of rotatable bonds is 3. The maximum Gasteiger partial charge on any atom is 0.137 e. The van der Waals surface area contributed by atoms with Gasteiger partial charge in [-0.1, -0.05) is 0 Å². The fraction of sp³-hybridized carbons (Fsp3) is 0.778. The van der Waals surface area contributed by atoms with Crippen molar-refractivity contribution < 1.29 is 0 Å². The van der Waals surface area contributed by atoms with Crippen LogP contribution in [0.2, 0.25) is 0 Å². The molecule has 86 valence electrons. The Hall–Kier alpha value is -0.650. The second-order valence-electron chi connectivity index (χ2n) is 3.74. The van der Waals surface area contributed by atoms with Crippen molar-refractivity contribution in [1.82, 2.24) is 19.7 Å². The zero-order valence-corrected chi connectivity index (χ0v) is 9.57. The first-order valence-corrected chi connectivity index (χ1v) is 5.16. The SMILES string of the molecule is Cl.NCCN1CCC(n2cncn2)CC1. The molecule has 2 rings (SSSR count). The summed E-state index contributed by atoms with van der Waals surface area (Å²) in [4.78, 5) is 6.38. The van der Waals surface area contributed by atoms with Crippen molar-refractivity contribution >= 4 is 12.4 Å². The number of likely N-dealkylation sites (tertiary alicyclic amines) is 1. The van der Waals surface area contributed by atoms with Gasteiger partial charge in [0.15, 0.2) is 0 Å². The van der Waals surface area contributed by atoms with E-state index >= 15 is 0 Å². The zero-order chi connectivity index (χ0) is 9.80. The van der Waals surface area contributed by atoms with Crippen molar-refractivity contribution in [1.29, 1.82) is 0 Å². The largest absolute Gasteiger partial charge is 0.329 e. The molecular weight excluding hydrogens is 214 g/mol. The van der Waals surface area contributed by atoms with Gasteiger partial charge in [0.2, 0.25) is 0 Å². The Bertz CT molecular complexity index is 255. The molecule has 0 amide bonds. The van der Waals surface area contributed by atoms with E-state index < -0.39 is 0 Å². The Labute approximate surface area is 96.1 Å². The van der Waals surface area contributed by atoms with Crippen molar-refractivity contribution in [3.8, 4) is 0 Å². The highest BCUT2D eigenvalue weighted by Crippen LogP contribution is 2.20. The van der Waals surface area contributed by atoms with Crippen LogP contribution in [0.5, 0.6) is 0 Å². The normalized spacial score (nSPS) is 18.7. The van der Waals surface area contributed by atoms with E-state index in [9.17, 15) is 0 Å². The maximum absolute atomic E-state index is 5.52. The third-order valence-corrected chi connectivity index (χ3v) is 2.81. The summed E-state index contributed by atoms with van der Waals surface area (Å²) in [6.45, 7) is 4.03. The van der Waals surface area contributed by atoms with Crippen molar-refractivity contribution in [3.63, 3.8) is 0 Å². The Morgan fingerprint density at radius 2 is 2.07 bits per heavy atom. The zero-order valence-electron chi connectivity index (χ0n) is 8.75. The summed E-state index contributed by atoms with van der Waals surface area (Å²) < 4.78 is 1.97. The Morgan fingerprint density at radius 3 is 2.60 bits per heavy atom. The van der Waals surface area contributed by atoms with Crippen LogP contribution in [-0.4, -0.2) is 45.8 Å². The molecule has 6 heteroatoms. The number of hydrogen-bond donors (Lipinski definition) is 1. The van der Waals surface area contributed by atoms with Crippen LogP contribution in [0.1, 0.15) is 18.9 Å². The molecule has 0 bridgehead atoms. The van der Waals surface area contributed by atoms with E-state index in [1.165, 1.54) is 0 Å². The molecule has 0 spiro atoms. The van der Waals surface area contributed by atoms with Gasteiger partial charge in [-0.3, -0.25) is 0 Å². The summed E-state index contributed by atoms with van der Waals surface area (Å²) in [5, 5.41) is 4.17. The lowest BCUT2D eigenvalue weighted by molar-refractivity contribution is 0.184. The third kappa shape index (κ3) is 3.15. The van der Waals surface area contributed by atoms with Gasteiger partial charge in [-0.25, -0.2) is 9.67 Å². The van der Waals surface area contributed by atoms with Crippen LogP contribution in [0.15, 0.2) is 12.7 Å². The van der Waals surface area contributed by atoms with Crippen LogP contribution >= 0.6 is 12.4 Å². The highest BCUT2D eigenvalue weighted by molar-refractivity contribution is 5.85. The van der Waals surface area contributed by atoms with Crippen molar-refractivity contribution in [3.05, 3.63) is 12.7 Å². The fourth-order valence-electron chi connectivity index (χ4n) is 2.00. The molecule has 0 saturated carbocycles. The van der Waals surface area contributed by atoms with Gasteiger partial charge < -0.3 is 10.6 Å². The molecule has 15 heavy (non-hydrogen) atoms. The number of hydrogen-bond acceptors (Lipinski definition) is 4. The molecule has 1 aliphatic rings. The number of aromatic nitrogens is 3. The summed E-state index contributed by atoms with van der Waals surface area (Å²) in [6, 6.07) is 0.534. The van der Waals surface area contributed by atoms with E-state index in [-0.39, 0.29) is 12.4 Å². The molecule has 1 aromatic rings. The van der Waals surface area contributed by atoms with Gasteiger partial charge in [-0.2, -0.15) is 5.10 Å². The molecule has 2 N–H and O–H groups in total. The average molecular weight is 232 g/mol. The molecule has 1 saturated heterocycles. The van der Waals surface area contributed by atoms with Crippen molar-refractivity contribution in [2.24, 2.45) is 5.73 Å². The van der Waals surface area contributed by atoms with E-state index in [4.69, 9.17) is 5.73 Å². The molecule has 5 nitrogen and oxygen atoms in total. The van der Waals surface area contributed by atoms with Gasteiger partial charge >= 0.3 is 0 Å². The number of nitrogens with two attached hydrogens (primary N) is 1. The monoisotopic (exact) mass is 231 g/mol. The van der Waals surface area contributed by atoms with Gasteiger partial charge in [0.25, 0.3) is 0 Å². The summed E-state index contributed by atoms with van der Waals surface area (Å²) in [5.74, 6) is 0. The molecule has 0 radical (unpaired) electrons. The van der Waals surface area contributed by atoms with Crippen LogP contribution < -0.4 is 5.73 Å². The van der Waals surface area contributed by atoms with Gasteiger partial charge in [-0.15, -0.1) is 12.4 Å². The van der Waals surface area contributed by atoms with Gasteiger partial charge in [-0.05, 0) is 12.8 Å². The number of nitrogens with zero attached hydrogens (tertiary/aromatic N) is 4. The van der Waals surface area contributed by atoms with E-state index in [1.807, 2.05) is 11.0 Å². The van der Waals surface area contributed by atoms with E-state index in [1.54, 1.807) is 6.33 Å². The topological polar surface area (TPSA) is 60.0 Å². The lowest BCUT2D eigenvalue weighted by Gasteiger charge is -2.31. The molecule has 2 heterocycles. The Morgan fingerprint density at radius 1 is 1.33 bits per heavy atom. The number of halogens is 1. The molecular formula is C9H18ClN5. The highest BCUT2D eigenvalue weighted by Gasteiger charge is 2.19. The molecule has 0 aromatic carbocycles. The summed E-state index contributed by atoms with van der Waals surface area (Å²) in [7, 11) is 0. The van der Waals surface area contributed by atoms with Crippen LogP contribution in [0.25, 0.3) is 0 Å². The minimum Gasteiger partial charge on any atom is -0.329 e. The van der Waals surface area contributed by atoms with Gasteiger partial charge in [0.05, 0.1) is 6.04 Å². The summed E-state index contributed by atoms with van der Waals surface area (Å²) in [5.41, 5.74) is 5.52. The summed E-state index contributed by atoms with van der Waals surface area (Å²) >= 11 is 0. The lowest BCUT2D eigenvalue weighted by Crippen LogP contribution is -2.37. The minimum absolute atomic E-state index is 0. The van der Waals surface area contributed by atoms with E-state index in [0.29, 0.717) is 6.04 Å². The van der Waals surface area contributed by atoms with Crippen molar-refractivity contribution in [2.75, 3.05) is 26.2 Å². The second kappa shape index (κ2) is 6.05. The molecule has 0 aliphatic carbocycles. The quantitative estimate of drug-likeness (QED) is 0.813. The standard InChI is InChI=1S/C9H17N5.ClH/c10-3-6-13-4-1-9(2-5-13)14-8-11-7-12-14;/h7-9H,1-6,10H2;1H. The first-order chi connectivity index (χ1) is 6.90. The highest BCUT2D eigenvalue weighted by atomic mass is 35.5. The van der Waals surface area contributed by atoms with Crippen LogP contribution in [0, 0.1) is 0 Å². The van der Waals surface area contributed by atoms with Crippen LogP contribution in [0.3, 0.4) is 0 Å². The predicted molar refractivity (Wildman–Crippen MR) is 61.0 cm³/mol. The lowest BCUT2D eigenvalue weighted by atomic mass is 10.1. The molecule has 1 aliphatic heterocycles. The van der Waals surface area contributed by atoms with Crippen molar-refractivity contribution in [2.45, 2.75) is 18.9 Å². The predicted octanol–water partition coefficient (Wildman–Crippen LogP) is 0.295. The van der Waals surface area contributed by atoms with Crippen LogP contribution in [-0.2, 0) is 0 Å². The maximum atomic E-state index is 5.52. The van der Waals surface area contributed by atoms with E-state index in [2.05, 4.69) is 15.0 Å². The summed E-state index contributed by atoms with van der Waals surface area (Å²) in [6.07, 6.45) is 5.72. The first-order valence-electron chi connectivity index (χ1n) is 5.16. The smallest absolute Gasteiger partial charge is 0.137 e. The minimum atomic E-state index is 0. The fourth-order valence-corrected chi connectivity index (χ4v) is 2.00. The van der Waals surface area contributed by atoms with E-state index in [0.717, 1.165) is 39.0 Å². The second-order valence-corrected chi connectivity index (χ2v) is 3.74. The molecule has 0 atom stereocenters. The molecule has 1 aromatic heterocycles. The van der Waals surface area contributed by atoms with Crippen LogP contribution in [0.4, 0.5) is 0 Å². The third-order valence-electron chi connectivity index (χ3n) is 2.81.